The van der Waals surface area contributed by atoms with Crippen LogP contribution in [0.4, 0.5) is 0 Å². The van der Waals surface area contributed by atoms with Gasteiger partial charge in [0.25, 0.3) is 0 Å². The Balaban J connectivity index is 1.84. The Morgan fingerprint density at radius 3 is 2.12 bits per heavy atom. The monoisotopic (exact) mass is 332 g/mol. The highest BCUT2D eigenvalue weighted by atomic mass is 16.5. The summed E-state index contributed by atoms with van der Waals surface area (Å²) in [5, 5.41) is 10.2. The maximum Gasteiger partial charge on any atom is 0.123 e. The Morgan fingerprint density at radius 2 is 1.48 bits per heavy atom. The van der Waals surface area contributed by atoms with E-state index in [2.05, 4.69) is 30.3 Å². The predicted molar refractivity (Wildman–Crippen MR) is 102 cm³/mol. The smallest absolute Gasteiger partial charge is 0.123 e. The molecule has 0 aliphatic heterocycles. The third-order valence-electron chi connectivity index (χ3n) is 4.33. The van der Waals surface area contributed by atoms with E-state index in [1.54, 1.807) is 0 Å². The van der Waals surface area contributed by atoms with Gasteiger partial charge in [-0.3, -0.25) is 0 Å². The van der Waals surface area contributed by atoms with Crippen molar-refractivity contribution in [3.8, 4) is 5.75 Å². The lowest BCUT2D eigenvalue weighted by atomic mass is 9.98. The molecule has 0 saturated carbocycles. The average molecular weight is 332 g/mol. The summed E-state index contributed by atoms with van der Waals surface area (Å²) in [6.07, 6.45) is 1.06. The lowest BCUT2D eigenvalue weighted by molar-refractivity contribution is 0.173. The molecule has 0 unspecified atom stereocenters. The maximum atomic E-state index is 10.2. The van der Waals surface area contributed by atoms with E-state index in [-0.39, 0.29) is 0 Å². The first kappa shape index (κ1) is 17.2. The van der Waals surface area contributed by atoms with Crippen LogP contribution in [0.2, 0.25) is 0 Å². The van der Waals surface area contributed by atoms with Crippen molar-refractivity contribution >= 4 is 0 Å². The molecule has 0 bridgehead atoms. The molecular weight excluding hydrogens is 308 g/mol. The normalized spacial score (nSPS) is 11.9. The van der Waals surface area contributed by atoms with Crippen molar-refractivity contribution in [1.29, 1.82) is 0 Å². The Kier molecular flexibility index (Phi) is 5.86. The SMILES string of the molecule is CC[C@@H](O)c1ccc(OCc2ccccc2)c(Cc2ccccc2)c1. The van der Waals surface area contributed by atoms with E-state index in [1.807, 2.05) is 55.5 Å². The van der Waals surface area contributed by atoms with Crippen molar-refractivity contribution < 1.29 is 9.84 Å². The highest BCUT2D eigenvalue weighted by molar-refractivity contribution is 5.41. The summed E-state index contributed by atoms with van der Waals surface area (Å²) < 4.78 is 6.08. The maximum absolute atomic E-state index is 10.2. The molecule has 2 heteroatoms. The first-order valence-corrected chi connectivity index (χ1v) is 8.78. The van der Waals surface area contributed by atoms with Gasteiger partial charge in [0.2, 0.25) is 0 Å². The Hall–Kier alpha value is -2.58. The number of aliphatic hydroxyl groups is 1. The summed E-state index contributed by atoms with van der Waals surface area (Å²) in [4.78, 5) is 0. The van der Waals surface area contributed by atoms with Gasteiger partial charge in [-0.2, -0.15) is 0 Å². The van der Waals surface area contributed by atoms with Crippen molar-refractivity contribution in [2.24, 2.45) is 0 Å². The zero-order chi connectivity index (χ0) is 17.5. The minimum Gasteiger partial charge on any atom is -0.489 e. The molecule has 128 valence electrons. The van der Waals surface area contributed by atoms with Gasteiger partial charge < -0.3 is 9.84 Å². The topological polar surface area (TPSA) is 29.5 Å². The van der Waals surface area contributed by atoms with Crippen molar-refractivity contribution in [1.82, 2.24) is 0 Å². The van der Waals surface area contributed by atoms with E-state index in [0.29, 0.717) is 13.0 Å². The van der Waals surface area contributed by atoms with Crippen LogP contribution >= 0.6 is 0 Å². The van der Waals surface area contributed by atoms with Gasteiger partial charge >= 0.3 is 0 Å². The quantitative estimate of drug-likeness (QED) is 0.636. The summed E-state index contributed by atoms with van der Waals surface area (Å²) in [5.74, 6) is 0.875. The summed E-state index contributed by atoms with van der Waals surface area (Å²) >= 11 is 0. The van der Waals surface area contributed by atoms with Crippen molar-refractivity contribution in [2.75, 3.05) is 0 Å². The van der Waals surface area contributed by atoms with Crippen LogP contribution in [-0.2, 0) is 13.0 Å². The fraction of sp³-hybridized carbons (Fsp3) is 0.217. The van der Waals surface area contributed by atoms with Gasteiger partial charge in [-0.15, -0.1) is 0 Å². The second-order valence-corrected chi connectivity index (χ2v) is 6.23. The molecule has 0 aliphatic rings. The lowest BCUT2D eigenvalue weighted by Crippen LogP contribution is -2.02. The lowest BCUT2D eigenvalue weighted by Gasteiger charge is -2.16. The Bertz CT molecular complexity index is 782. The van der Waals surface area contributed by atoms with Gasteiger partial charge in [0.05, 0.1) is 6.10 Å². The molecule has 0 saturated heterocycles. The molecule has 3 aromatic rings. The number of rotatable bonds is 7. The minimum absolute atomic E-state index is 0.433. The van der Waals surface area contributed by atoms with E-state index >= 15 is 0 Å². The molecule has 0 fully saturated rings. The summed E-state index contributed by atoms with van der Waals surface area (Å²) in [5.41, 5.74) is 4.42. The zero-order valence-corrected chi connectivity index (χ0v) is 14.6. The third-order valence-corrected chi connectivity index (χ3v) is 4.33. The highest BCUT2D eigenvalue weighted by Gasteiger charge is 2.11. The first-order valence-electron chi connectivity index (χ1n) is 8.78. The summed E-state index contributed by atoms with van der Waals surface area (Å²) in [6, 6.07) is 26.5. The molecule has 3 rings (SSSR count). The first-order chi connectivity index (χ1) is 12.3. The largest absolute Gasteiger partial charge is 0.489 e. The number of aliphatic hydroxyl groups excluding tert-OH is 1. The van der Waals surface area contributed by atoms with Crippen molar-refractivity contribution in [2.45, 2.75) is 32.5 Å². The zero-order valence-electron chi connectivity index (χ0n) is 14.6. The summed E-state index contributed by atoms with van der Waals surface area (Å²) in [6.45, 7) is 2.53. The minimum atomic E-state index is -0.433. The molecular formula is C23H24O2. The molecule has 0 aliphatic carbocycles. The van der Waals surface area contributed by atoms with E-state index in [4.69, 9.17) is 4.74 Å². The van der Waals surface area contributed by atoms with Gasteiger partial charge in [0.1, 0.15) is 12.4 Å². The van der Waals surface area contributed by atoms with Gasteiger partial charge in [-0.1, -0.05) is 73.7 Å². The highest BCUT2D eigenvalue weighted by Crippen LogP contribution is 2.28. The molecule has 0 amide bonds. The molecule has 1 N–H and O–H groups in total. The van der Waals surface area contributed by atoms with Crippen molar-refractivity contribution in [3.63, 3.8) is 0 Å². The van der Waals surface area contributed by atoms with Crippen molar-refractivity contribution in [3.05, 3.63) is 101 Å². The number of hydrogen-bond donors (Lipinski definition) is 1. The predicted octanol–water partition coefficient (Wildman–Crippen LogP) is 5.30. The second-order valence-electron chi connectivity index (χ2n) is 6.23. The molecule has 0 aromatic heterocycles. The second kappa shape index (κ2) is 8.50. The van der Waals surface area contributed by atoms with E-state index in [0.717, 1.165) is 28.9 Å². The average Bonchev–Trinajstić information content (AvgIpc) is 2.68. The molecule has 2 nitrogen and oxygen atoms in total. The van der Waals surface area contributed by atoms with E-state index in [1.165, 1.54) is 5.56 Å². The van der Waals surface area contributed by atoms with E-state index in [9.17, 15) is 5.11 Å². The fourth-order valence-electron chi connectivity index (χ4n) is 2.87. The standard InChI is InChI=1S/C23H24O2/c1-2-22(24)20-13-14-23(25-17-19-11-7-4-8-12-19)21(16-20)15-18-9-5-3-6-10-18/h3-14,16,22,24H,2,15,17H2,1H3/t22-/m1/s1. The van der Waals surface area contributed by atoms with Gasteiger partial charge in [0.15, 0.2) is 0 Å². The summed E-state index contributed by atoms with van der Waals surface area (Å²) in [7, 11) is 0. The third kappa shape index (κ3) is 4.71. The number of ether oxygens (including phenoxy) is 1. The molecule has 0 spiro atoms. The van der Waals surface area contributed by atoms with Gasteiger partial charge in [-0.05, 0) is 40.8 Å². The molecule has 25 heavy (non-hydrogen) atoms. The van der Waals surface area contributed by atoms with Crippen LogP contribution in [-0.4, -0.2) is 5.11 Å². The van der Waals surface area contributed by atoms with Crippen LogP contribution < -0.4 is 4.74 Å². The van der Waals surface area contributed by atoms with Crippen LogP contribution in [0.1, 0.15) is 41.7 Å². The van der Waals surface area contributed by atoms with Crippen LogP contribution in [0.3, 0.4) is 0 Å². The molecule has 0 radical (unpaired) electrons. The fourth-order valence-corrected chi connectivity index (χ4v) is 2.87. The van der Waals surface area contributed by atoms with Crippen LogP contribution in [0.5, 0.6) is 5.75 Å². The Labute approximate surface area is 149 Å². The Morgan fingerprint density at radius 1 is 0.840 bits per heavy atom. The molecule has 3 aromatic carbocycles. The van der Waals surface area contributed by atoms with Gasteiger partial charge in [0, 0.05) is 6.42 Å². The van der Waals surface area contributed by atoms with Gasteiger partial charge in [-0.25, -0.2) is 0 Å². The van der Waals surface area contributed by atoms with Crippen LogP contribution in [0.25, 0.3) is 0 Å². The molecule has 0 heterocycles. The van der Waals surface area contributed by atoms with E-state index < -0.39 is 6.10 Å². The number of hydrogen-bond acceptors (Lipinski definition) is 2. The molecule has 1 atom stereocenters. The van der Waals surface area contributed by atoms with Crippen LogP contribution in [0, 0.1) is 0 Å². The number of benzene rings is 3. The van der Waals surface area contributed by atoms with Crippen LogP contribution in [0.15, 0.2) is 78.9 Å².